The van der Waals surface area contributed by atoms with Crippen LogP contribution in [0.15, 0.2) is 18.2 Å². The second-order valence-corrected chi connectivity index (χ2v) is 5.99. The molecule has 7 heteroatoms. The van der Waals surface area contributed by atoms with Crippen molar-refractivity contribution in [3.05, 3.63) is 29.3 Å². The van der Waals surface area contributed by atoms with E-state index in [2.05, 4.69) is 17.6 Å². The van der Waals surface area contributed by atoms with Gasteiger partial charge in [0, 0.05) is 18.7 Å². The highest BCUT2D eigenvalue weighted by Gasteiger charge is 2.44. The summed E-state index contributed by atoms with van der Waals surface area (Å²) in [6, 6.07) is 4.09. The highest BCUT2D eigenvalue weighted by Crippen LogP contribution is 2.29. The molecule has 0 spiro atoms. The van der Waals surface area contributed by atoms with Crippen molar-refractivity contribution >= 4 is 29.3 Å². The Bertz CT molecular complexity index is 729. The van der Waals surface area contributed by atoms with E-state index in [-0.39, 0.29) is 18.7 Å². The lowest BCUT2D eigenvalue weighted by Crippen LogP contribution is -2.54. The molecule has 1 unspecified atom stereocenters. The van der Waals surface area contributed by atoms with E-state index in [1.54, 1.807) is 18.2 Å². The maximum atomic E-state index is 12.6. The van der Waals surface area contributed by atoms with Gasteiger partial charge in [0.25, 0.3) is 11.8 Å². The first kappa shape index (κ1) is 16.2. The van der Waals surface area contributed by atoms with Crippen molar-refractivity contribution in [2.75, 3.05) is 11.9 Å². The Morgan fingerprint density at radius 2 is 1.92 bits per heavy atom. The van der Waals surface area contributed by atoms with E-state index in [1.165, 1.54) is 0 Å². The van der Waals surface area contributed by atoms with Gasteiger partial charge in [0.15, 0.2) is 0 Å². The van der Waals surface area contributed by atoms with Crippen molar-refractivity contribution in [3.63, 3.8) is 0 Å². The maximum Gasteiger partial charge on any atom is 0.262 e. The first-order valence-electron chi connectivity index (χ1n) is 8.12. The number of hydrogen-bond donors (Lipinski definition) is 2. The van der Waals surface area contributed by atoms with Crippen LogP contribution in [-0.4, -0.2) is 41.1 Å². The standard InChI is InChI=1S/C17H19N3O4/c1-2-3-8-18-10-4-5-11-12(9-10)17(24)20(16(11)23)13-6-7-14(21)19-15(13)22/h4-5,9,13,18H,2-3,6-8H2,1H3,(H,19,21,22). The van der Waals surface area contributed by atoms with Gasteiger partial charge in [-0.25, -0.2) is 0 Å². The van der Waals surface area contributed by atoms with Crippen molar-refractivity contribution in [1.82, 2.24) is 10.2 Å². The minimum atomic E-state index is -0.924. The number of imide groups is 2. The molecule has 2 heterocycles. The average molecular weight is 329 g/mol. The predicted molar refractivity (Wildman–Crippen MR) is 86.5 cm³/mol. The summed E-state index contributed by atoms with van der Waals surface area (Å²) in [5.74, 6) is -1.94. The molecule has 0 radical (unpaired) electrons. The number of fused-ring (bicyclic) bond motifs is 1. The van der Waals surface area contributed by atoms with Gasteiger partial charge in [0.2, 0.25) is 11.8 Å². The molecule has 0 saturated carbocycles. The minimum absolute atomic E-state index is 0.119. The lowest BCUT2D eigenvalue weighted by Gasteiger charge is -2.27. The summed E-state index contributed by atoms with van der Waals surface area (Å²) < 4.78 is 0. The average Bonchev–Trinajstić information content (AvgIpc) is 2.80. The Labute approximate surface area is 139 Å². The summed E-state index contributed by atoms with van der Waals surface area (Å²) in [6.07, 6.45) is 2.34. The first-order valence-corrected chi connectivity index (χ1v) is 8.12. The quantitative estimate of drug-likeness (QED) is 0.627. The summed E-state index contributed by atoms with van der Waals surface area (Å²) in [7, 11) is 0. The van der Waals surface area contributed by atoms with Crippen LogP contribution in [0.1, 0.15) is 53.3 Å². The van der Waals surface area contributed by atoms with E-state index in [4.69, 9.17) is 0 Å². The molecular formula is C17H19N3O4. The Hall–Kier alpha value is -2.70. The molecule has 2 N–H and O–H groups in total. The SMILES string of the molecule is CCCCNc1ccc2c(c1)C(=O)N(C1CCC(=O)NC1=O)C2=O. The number of carbonyl (C=O) groups is 4. The van der Waals surface area contributed by atoms with Gasteiger partial charge in [0.1, 0.15) is 6.04 Å². The zero-order chi connectivity index (χ0) is 17.3. The van der Waals surface area contributed by atoms with Gasteiger partial charge in [0.05, 0.1) is 11.1 Å². The normalized spacial score (nSPS) is 20.2. The topological polar surface area (TPSA) is 95.6 Å². The van der Waals surface area contributed by atoms with Crippen LogP contribution < -0.4 is 10.6 Å². The molecule has 1 aromatic rings. The van der Waals surface area contributed by atoms with E-state index in [0.717, 1.165) is 30.0 Å². The monoisotopic (exact) mass is 329 g/mol. The van der Waals surface area contributed by atoms with Crippen LogP contribution in [0.5, 0.6) is 0 Å². The number of nitrogens with zero attached hydrogens (tertiary/aromatic N) is 1. The van der Waals surface area contributed by atoms with E-state index in [1.807, 2.05) is 0 Å². The summed E-state index contributed by atoms with van der Waals surface area (Å²) in [6.45, 7) is 2.87. The molecule has 7 nitrogen and oxygen atoms in total. The van der Waals surface area contributed by atoms with E-state index >= 15 is 0 Å². The van der Waals surface area contributed by atoms with Crippen LogP contribution in [0.3, 0.4) is 0 Å². The first-order chi connectivity index (χ1) is 11.5. The Balaban J connectivity index is 1.83. The van der Waals surface area contributed by atoms with E-state index in [0.29, 0.717) is 11.1 Å². The molecule has 1 atom stereocenters. The van der Waals surface area contributed by atoms with Crippen LogP contribution in [0.4, 0.5) is 5.69 Å². The van der Waals surface area contributed by atoms with Gasteiger partial charge in [-0.2, -0.15) is 0 Å². The van der Waals surface area contributed by atoms with Crippen molar-refractivity contribution in [1.29, 1.82) is 0 Å². The second-order valence-electron chi connectivity index (χ2n) is 5.99. The number of unbranched alkanes of at least 4 members (excludes halogenated alkanes) is 1. The number of anilines is 1. The molecule has 3 rings (SSSR count). The van der Waals surface area contributed by atoms with Gasteiger partial charge in [-0.05, 0) is 31.0 Å². The summed E-state index contributed by atoms with van der Waals surface area (Å²) >= 11 is 0. The summed E-state index contributed by atoms with van der Waals surface area (Å²) in [5, 5.41) is 5.40. The number of amides is 4. The molecule has 0 aromatic heterocycles. The third kappa shape index (κ3) is 2.77. The van der Waals surface area contributed by atoms with Gasteiger partial charge < -0.3 is 5.32 Å². The van der Waals surface area contributed by atoms with Gasteiger partial charge in [-0.1, -0.05) is 13.3 Å². The molecule has 1 aromatic carbocycles. The lowest BCUT2D eigenvalue weighted by molar-refractivity contribution is -0.136. The van der Waals surface area contributed by atoms with Crippen LogP contribution in [0.2, 0.25) is 0 Å². The second kappa shape index (κ2) is 6.43. The molecule has 1 saturated heterocycles. The number of hydrogen-bond acceptors (Lipinski definition) is 5. The molecule has 24 heavy (non-hydrogen) atoms. The van der Waals surface area contributed by atoms with Crippen LogP contribution in [0.25, 0.3) is 0 Å². The highest BCUT2D eigenvalue weighted by molar-refractivity contribution is 6.23. The van der Waals surface area contributed by atoms with Crippen molar-refractivity contribution < 1.29 is 19.2 Å². The largest absolute Gasteiger partial charge is 0.385 e. The van der Waals surface area contributed by atoms with Crippen molar-refractivity contribution in [2.45, 2.75) is 38.6 Å². The minimum Gasteiger partial charge on any atom is -0.385 e. The number of rotatable bonds is 5. The van der Waals surface area contributed by atoms with Gasteiger partial charge in [-0.3, -0.25) is 29.4 Å². The fraction of sp³-hybridized carbons (Fsp3) is 0.412. The predicted octanol–water partition coefficient (Wildman–Crippen LogP) is 1.30. The zero-order valence-electron chi connectivity index (χ0n) is 13.4. The smallest absolute Gasteiger partial charge is 0.262 e. The number of carbonyl (C=O) groups excluding carboxylic acids is 4. The fourth-order valence-electron chi connectivity index (χ4n) is 2.99. The zero-order valence-corrected chi connectivity index (χ0v) is 13.4. The number of piperidine rings is 1. The molecule has 2 aliphatic rings. The Kier molecular flexibility index (Phi) is 4.33. The summed E-state index contributed by atoms with van der Waals surface area (Å²) in [5.41, 5.74) is 1.37. The maximum absolute atomic E-state index is 12.6. The summed E-state index contributed by atoms with van der Waals surface area (Å²) in [4.78, 5) is 49.4. The van der Waals surface area contributed by atoms with E-state index in [9.17, 15) is 19.2 Å². The molecule has 0 aliphatic carbocycles. The molecular weight excluding hydrogens is 310 g/mol. The van der Waals surface area contributed by atoms with Crippen LogP contribution >= 0.6 is 0 Å². The third-order valence-corrected chi connectivity index (χ3v) is 4.30. The molecule has 4 amide bonds. The van der Waals surface area contributed by atoms with Gasteiger partial charge >= 0.3 is 0 Å². The van der Waals surface area contributed by atoms with E-state index < -0.39 is 23.8 Å². The molecule has 126 valence electrons. The third-order valence-electron chi connectivity index (χ3n) is 4.30. The highest BCUT2D eigenvalue weighted by atomic mass is 16.2. The molecule has 1 fully saturated rings. The van der Waals surface area contributed by atoms with Crippen LogP contribution in [-0.2, 0) is 9.59 Å². The number of nitrogens with one attached hydrogen (secondary N) is 2. The van der Waals surface area contributed by atoms with Crippen molar-refractivity contribution in [3.8, 4) is 0 Å². The van der Waals surface area contributed by atoms with Crippen LogP contribution in [0, 0.1) is 0 Å². The number of benzene rings is 1. The fourth-order valence-corrected chi connectivity index (χ4v) is 2.99. The van der Waals surface area contributed by atoms with Crippen molar-refractivity contribution in [2.24, 2.45) is 0 Å². The molecule has 0 bridgehead atoms. The Morgan fingerprint density at radius 3 is 2.62 bits per heavy atom. The Morgan fingerprint density at radius 1 is 1.17 bits per heavy atom. The lowest BCUT2D eigenvalue weighted by atomic mass is 10.0. The van der Waals surface area contributed by atoms with Gasteiger partial charge in [-0.15, -0.1) is 0 Å². The molecule has 2 aliphatic heterocycles.